The van der Waals surface area contributed by atoms with Crippen molar-refractivity contribution in [3.63, 3.8) is 0 Å². The summed E-state index contributed by atoms with van der Waals surface area (Å²) in [5.41, 5.74) is 22.6. The molecule has 93 heavy (non-hydrogen) atoms. The third-order valence-corrected chi connectivity index (χ3v) is 16.2. The molecule has 0 saturated carbocycles. The standard InChI is InChI=1S/C60H91N17O15S/c1-60(65,35-61)76-48(81)19-10-18-47(80)70-41(30-37-20-22-38(78)23-21-37)54(88)67-26-8-3-6-17-46(79)72-44(52(62)86)34-93-45-32-50(83)77(58(45)92)28-12-25-66-24-9-7-15-40-55(89)73-39(16-11-27-68-59(63)64)53(87)69-33-49(82)71-43(31-51(84)85)57(91)75-42(56(90)74-40)29-36-13-4-2-5-14-36/h2,4-5,13-14,20-23,39-45,66,78H,3,6-12,15-19,24-35,61,65H2,1H3,(H2,62,86)(H,67,88)(H,69,87)(H,70,80)(H,71,82)(H,72,79)(H,73,89)(H,74,90)(H,75,91)(H,76,81)(H,84,85)(H4,63,64,68)/t39?,40?,41?,42?,43?,44?,45?,60-/m0/s1. The van der Waals surface area contributed by atoms with Crippen LogP contribution in [-0.4, -0.2) is 197 Å². The third kappa shape index (κ3) is 29.5. The van der Waals surface area contributed by atoms with Gasteiger partial charge in [0.1, 0.15) is 42.0 Å². The summed E-state index contributed by atoms with van der Waals surface area (Å²) >= 11 is 1.03. The van der Waals surface area contributed by atoms with Crippen LogP contribution in [0, 0.1) is 5.41 Å². The van der Waals surface area contributed by atoms with Gasteiger partial charge in [0, 0.05) is 70.5 Å². The zero-order valence-corrected chi connectivity index (χ0v) is 53.1. The van der Waals surface area contributed by atoms with Crippen LogP contribution in [0.4, 0.5) is 0 Å². The number of amides is 12. The van der Waals surface area contributed by atoms with E-state index < -0.39 is 131 Å². The molecular weight excluding hydrogens is 1230 g/mol. The molecule has 4 rings (SSSR count). The number of thioether (sulfide) groups is 1. The van der Waals surface area contributed by atoms with Crippen LogP contribution in [0.5, 0.6) is 5.75 Å². The van der Waals surface area contributed by atoms with Crippen molar-refractivity contribution < 1.29 is 72.5 Å². The predicted octanol–water partition coefficient (Wildman–Crippen LogP) is -3.95. The molecule has 7 unspecified atom stereocenters. The molecule has 2 aliphatic rings. The second-order valence-corrected chi connectivity index (χ2v) is 24.2. The minimum absolute atomic E-state index is 0.00447. The summed E-state index contributed by atoms with van der Waals surface area (Å²) < 4.78 is 0. The van der Waals surface area contributed by atoms with E-state index in [2.05, 4.69) is 58.5 Å². The van der Waals surface area contributed by atoms with E-state index in [-0.39, 0.29) is 114 Å². The molecule has 32 nitrogen and oxygen atoms in total. The largest absolute Gasteiger partial charge is 0.508 e. The lowest BCUT2D eigenvalue weighted by atomic mass is 10.0. The van der Waals surface area contributed by atoms with Crippen molar-refractivity contribution in [3.05, 3.63) is 65.7 Å². The van der Waals surface area contributed by atoms with Gasteiger partial charge in [-0.25, -0.2) is 0 Å². The Kier molecular flexibility index (Phi) is 33.0. The normalized spacial score (nSPS) is 19.3. The molecule has 2 fully saturated rings. The van der Waals surface area contributed by atoms with Crippen molar-refractivity contribution in [1.29, 1.82) is 5.41 Å². The topological polar surface area (TPSA) is 526 Å². The summed E-state index contributed by atoms with van der Waals surface area (Å²) in [6.07, 6.45) is 2.01. The highest BCUT2D eigenvalue weighted by Crippen LogP contribution is 2.26. The number of rotatable bonds is 38. The number of carbonyl (C=O) groups is 13. The van der Waals surface area contributed by atoms with Gasteiger partial charge in [-0.05, 0) is 101 Å². The number of imide groups is 1. The first-order valence-electron chi connectivity index (χ1n) is 31.0. The lowest BCUT2D eigenvalue weighted by Gasteiger charge is -2.26. The maximum atomic E-state index is 14.1. The van der Waals surface area contributed by atoms with Crippen molar-refractivity contribution >= 4 is 94.6 Å². The van der Waals surface area contributed by atoms with Crippen molar-refractivity contribution in [2.75, 3.05) is 51.6 Å². The highest BCUT2D eigenvalue weighted by atomic mass is 32.2. The first kappa shape index (κ1) is 76.5. The van der Waals surface area contributed by atoms with Crippen molar-refractivity contribution in [3.8, 4) is 5.75 Å². The predicted molar refractivity (Wildman–Crippen MR) is 341 cm³/mol. The fraction of sp³-hybridized carbons (Fsp3) is 0.567. The molecule has 0 radical (unpaired) electrons. The summed E-state index contributed by atoms with van der Waals surface area (Å²) in [6, 6.07) is 7.11. The van der Waals surface area contributed by atoms with Gasteiger partial charge in [0.25, 0.3) is 0 Å². The number of unbranched alkanes of at least 4 members (excludes halogenated alkanes) is 3. The zero-order valence-electron chi connectivity index (χ0n) is 52.3. The fourth-order valence-electron chi connectivity index (χ4n) is 9.75. The number of aliphatic carboxylic acids is 1. The lowest BCUT2D eigenvalue weighted by molar-refractivity contribution is -0.141. The highest BCUT2D eigenvalue weighted by Gasteiger charge is 2.39. The molecule has 22 N–H and O–H groups in total. The summed E-state index contributed by atoms with van der Waals surface area (Å²) in [4.78, 5) is 171. The highest BCUT2D eigenvalue weighted by molar-refractivity contribution is 8.00. The number of nitrogens with one attached hydrogen (secondary N) is 12. The van der Waals surface area contributed by atoms with Gasteiger partial charge in [-0.1, -0.05) is 48.9 Å². The van der Waals surface area contributed by atoms with Gasteiger partial charge in [0.05, 0.1) is 23.9 Å². The van der Waals surface area contributed by atoms with Crippen LogP contribution in [0.15, 0.2) is 54.6 Å². The molecule has 2 saturated heterocycles. The van der Waals surface area contributed by atoms with Crippen molar-refractivity contribution in [1.82, 2.24) is 63.4 Å². The zero-order chi connectivity index (χ0) is 68.5. The number of hydrogen-bond donors (Lipinski definition) is 18. The Labute approximate surface area is 543 Å². The Bertz CT molecular complexity index is 2910. The molecule has 0 aliphatic carbocycles. The quantitative estimate of drug-likeness (QED) is 0.0100. The molecule has 0 aromatic heterocycles. The monoisotopic (exact) mass is 1320 g/mol. The molecule has 0 spiro atoms. The van der Waals surface area contributed by atoms with Crippen LogP contribution < -0.4 is 81.4 Å². The lowest BCUT2D eigenvalue weighted by Crippen LogP contribution is -2.58. The van der Waals surface area contributed by atoms with Crippen LogP contribution in [0.25, 0.3) is 0 Å². The number of nitrogens with two attached hydrogens (primary N) is 4. The number of guanidine groups is 1. The number of benzene rings is 2. The van der Waals surface area contributed by atoms with Crippen molar-refractivity contribution in [2.24, 2.45) is 22.9 Å². The molecular formula is C60H91N17O15S. The van der Waals surface area contributed by atoms with Crippen LogP contribution >= 0.6 is 11.8 Å². The van der Waals surface area contributed by atoms with Crippen LogP contribution in [0.1, 0.15) is 114 Å². The molecule has 12 amide bonds. The number of nitrogens with zero attached hydrogens (tertiary/aromatic N) is 1. The van der Waals surface area contributed by atoms with Crippen LogP contribution in [-0.2, 0) is 75.2 Å². The van der Waals surface area contributed by atoms with Gasteiger partial charge < -0.3 is 91.6 Å². The number of primary amides is 1. The van der Waals surface area contributed by atoms with Gasteiger partial charge in [-0.3, -0.25) is 72.6 Å². The molecule has 2 heterocycles. The fourth-order valence-corrected chi connectivity index (χ4v) is 10.9. The molecule has 2 aliphatic heterocycles. The van der Waals surface area contributed by atoms with Gasteiger partial charge >= 0.3 is 5.97 Å². The molecule has 0 bridgehead atoms. The number of phenolic OH excluding ortho intramolecular Hbond substituents is 1. The molecule has 2 aromatic carbocycles. The first-order valence-corrected chi connectivity index (χ1v) is 32.0. The van der Waals surface area contributed by atoms with E-state index >= 15 is 0 Å². The van der Waals surface area contributed by atoms with E-state index in [1.807, 2.05) is 0 Å². The number of phenols is 1. The maximum Gasteiger partial charge on any atom is 0.305 e. The average Bonchev–Trinajstić information content (AvgIpc) is 1.77. The minimum atomic E-state index is -1.64. The number of carboxylic acid groups (broad SMARTS) is 1. The number of aromatic hydroxyl groups is 1. The Morgan fingerprint density at radius 2 is 1.27 bits per heavy atom. The van der Waals surface area contributed by atoms with E-state index in [1.54, 1.807) is 49.4 Å². The Morgan fingerprint density at radius 3 is 1.94 bits per heavy atom. The second-order valence-electron chi connectivity index (χ2n) is 22.9. The van der Waals surface area contributed by atoms with Gasteiger partial charge in [-0.15, -0.1) is 11.8 Å². The van der Waals surface area contributed by atoms with E-state index in [4.69, 9.17) is 28.3 Å². The SMILES string of the molecule is C[C@@](N)(CN)NC(=O)CCCC(=O)NC(Cc1ccc(O)cc1)C(=O)NCCCCCC(=O)NC(CSC1CC(=O)N(CCCNCCCCC2NC(=O)C(Cc3ccccc3)NC(=O)C(CC(=O)O)NC(=O)CNC(=O)C(CCCNC(=N)N)NC2=O)C1=O)C(N)=O. The second kappa shape index (κ2) is 40.1. The van der Waals surface area contributed by atoms with E-state index in [0.717, 1.165) is 16.7 Å². The molecule has 33 heteroatoms. The van der Waals surface area contributed by atoms with E-state index in [9.17, 15) is 72.5 Å². The van der Waals surface area contributed by atoms with Crippen molar-refractivity contribution in [2.45, 2.75) is 163 Å². The summed E-state index contributed by atoms with van der Waals surface area (Å²) in [5.74, 6) is -9.51. The van der Waals surface area contributed by atoms with E-state index in [0.29, 0.717) is 62.7 Å². The molecule has 512 valence electrons. The number of carboxylic acids is 1. The average molecular weight is 1320 g/mol. The Balaban J connectivity index is 1.22. The third-order valence-electron chi connectivity index (χ3n) is 14.9. The summed E-state index contributed by atoms with van der Waals surface area (Å²) in [5, 5.41) is 55.1. The van der Waals surface area contributed by atoms with Crippen LogP contribution in [0.3, 0.4) is 0 Å². The van der Waals surface area contributed by atoms with Gasteiger partial charge in [-0.2, -0.15) is 0 Å². The Morgan fingerprint density at radius 1 is 0.677 bits per heavy atom. The van der Waals surface area contributed by atoms with Crippen LogP contribution in [0.2, 0.25) is 0 Å². The minimum Gasteiger partial charge on any atom is -0.508 e. The molecule has 2 aromatic rings. The summed E-state index contributed by atoms with van der Waals surface area (Å²) in [6.45, 7) is 2.12. The number of likely N-dealkylation sites (tertiary alicyclic amines) is 1. The summed E-state index contributed by atoms with van der Waals surface area (Å²) in [7, 11) is 0. The Hall–Kier alpha value is -8.95. The van der Waals surface area contributed by atoms with Gasteiger partial charge in [0.2, 0.25) is 70.9 Å². The maximum absolute atomic E-state index is 14.1. The first-order chi connectivity index (χ1) is 44.2. The number of hydrogen-bond acceptors (Lipinski definition) is 19. The number of carbonyl (C=O) groups excluding carboxylic acids is 12. The molecule has 8 atom stereocenters. The van der Waals surface area contributed by atoms with Gasteiger partial charge in [0.15, 0.2) is 5.96 Å². The smallest absolute Gasteiger partial charge is 0.305 e. The van der Waals surface area contributed by atoms with E-state index in [1.165, 1.54) is 12.1 Å².